The van der Waals surface area contributed by atoms with Crippen molar-refractivity contribution in [2.75, 3.05) is 5.32 Å². The zero-order valence-electron chi connectivity index (χ0n) is 11.2. The minimum Gasteiger partial charge on any atom is -0.507 e. The van der Waals surface area contributed by atoms with E-state index in [9.17, 15) is 5.11 Å². The molecule has 0 saturated carbocycles. The molecule has 1 heterocycles. The van der Waals surface area contributed by atoms with E-state index in [1.807, 2.05) is 39.8 Å². The van der Waals surface area contributed by atoms with Gasteiger partial charge >= 0.3 is 0 Å². The molecule has 1 aromatic carbocycles. The lowest BCUT2D eigenvalue weighted by Gasteiger charge is -2.12. The molecule has 0 saturated heterocycles. The van der Waals surface area contributed by atoms with Crippen molar-refractivity contribution in [3.63, 3.8) is 0 Å². The molecule has 96 valence electrons. The first-order chi connectivity index (χ1) is 8.50. The minimum atomic E-state index is 0.346. The highest BCUT2D eigenvalue weighted by molar-refractivity contribution is 5.59. The molecule has 2 aromatic rings. The van der Waals surface area contributed by atoms with Crippen LogP contribution in [0.3, 0.4) is 0 Å². The number of phenols is 1. The van der Waals surface area contributed by atoms with E-state index in [0.29, 0.717) is 12.3 Å². The lowest BCUT2D eigenvalue weighted by molar-refractivity contribution is 0.392. The van der Waals surface area contributed by atoms with Gasteiger partial charge in [-0.15, -0.1) is 0 Å². The van der Waals surface area contributed by atoms with Gasteiger partial charge in [0.25, 0.3) is 0 Å². The Balaban J connectivity index is 2.19. The maximum Gasteiger partial charge on any atom is 0.138 e. The van der Waals surface area contributed by atoms with E-state index in [1.165, 1.54) is 0 Å². The number of rotatable bonds is 3. The predicted octanol–water partition coefficient (Wildman–Crippen LogP) is 3.23. The van der Waals surface area contributed by atoms with Gasteiger partial charge in [-0.3, -0.25) is 0 Å². The van der Waals surface area contributed by atoms with Crippen LogP contribution < -0.4 is 5.32 Å². The van der Waals surface area contributed by atoms with Crippen molar-refractivity contribution in [3.8, 4) is 5.75 Å². The molecular formula is C14H18N2O2. The van der Waals surface area contributed by atoms with Crippen LogP contribution in [0.25, 0.3) is 0 Å². The first-order valence-corrected chi connectivity index (χ1v) is 5.95. The summed E-state index contributed by atoms with van der Waals surface area (Å²) in [5.74, 6) is 1.17. The molecule has 0 bridgehead atoms. The minimum absolute atomic E-state index is 0.346. The second kappa shape index (κ2) is 4.72. The Morgan fingerprint density at radius 2 is 1.94 bits per heavy atom. The molecule has 0 aliphatic heterocycles. The topological polar surface area (TPSA) is 58.3 Å². The van der Waals surface area contributed by atoms with Crippen LogP contribution in [0.2, 0.25) is 0 Å². The average Bonchev–Trinajstić information content (AvgIpc) is 2.66. The van der Waals surface area contributed by atoms with Crippen LogP contribution in [0, 0.1) is 27.7 Å². The second-order valence-electron chi connectivity index (χ2n) is 4.56. The van der Waals surface area contributed by atoms with Gasteiger partial charge in [0.2, 0.25) is 0 Å². The summed E-state index contributed by atoms with van der Waals surface area (Å²) < 4.78 is 5.12. The van der Waals surface area contributed by atoms with Gasteiger partial charge in [0.05, 0.1) is 5.69 Å². The fourth-order valence-electron chi connectivity index (χ4n) is 1.96. The number of aromatic nitrogens is 1. The van der Waals surface area contributed by atoms with Crippen molar-refractivity contribution in [1.82, 2.24) is 5.16 Å². The molecule has 4 nitrogen and oxygen atoms in total. The first kappa shape index (κ1) is 12.5. The van der Waals surface area contributed by atoms with Crippen LogP contribution in [0.15, 0.2) is 16.7 Å². The van der Waals surface area contributed by atoms with Gasteiger partial charge in [0.15, 0.2) is 0 Å². The highest BCUT2D eigenvalue weighted by Gasteiger charge is 2.10. The van der Waals surface area contributed by atoms with E-state index in [-0.39, 0.29) is 0 Å². The molecule has 4 heteroatoms. The summed E-state index contributed by atoms with van der Waals surface area (Å²) >= 11 is 0. The average molecular weight is 246 g/mol. The molecule has 0 fully saturated rings. The van der Waals surface area contributed by atoms with Crippen molar-refractivity contribution in [3.05, 3.63) is 40.3 Å². The molecule has 0 spiro atoms. The highest BCUT2D eigenvalue weighted by atomic mass is 16.5. The van der Waals surface area contributed by atoms with Gasteiger partial charge in [-0.05, 0) is 39.3 Å². The zero-order valence-corrected chi connectivity index (χ0v) is 11.2. The summed E-state index contributed by atoms with van der Waals surface area (Å²) in [4.78, 5) is 0. The molecule has 0 amide bonds. The van der Waals surface area contributed by atoms with Crippen LogP contribution >= 0.6 is 0 Å². The monoisotopic (exact) mass is 246 g/mol. The number of phenolic OH excluding ortho intramolecular Hbond substituents is 1. The van der Waals surface area contributed by atoms with Gasteiger partial charge in [-0.2, -0.15) is 0 Å². The van der Waals surface area contributed by atoms with E-state index in [2.05, 4.69) is 10.5 Å². The summed E-state index contributed by atoms with van der Waals surface area (Å²) in [6, 6.07) is 3.88. The summed E-state index contributed by atoms with van der Waals surface area (Å²) in [6.07, 6.45) is 0. The number of aryl methyl sites for hydroxylation is 3. The number of hydrogen-bond acceptors (Lipinski definition) is 4. The number of hydrogen-bond donors (Lipinski definition) is 2. The Labute approximate surface area is 107 Å². The molecule has 0 aliphatic rings. The summed E-state index contributed by atoms with van der Waals surface area (Å²) in [6.45, 7) is 8.26. The van der Waals surface area contributed by atoms with Crippen molar-refractivity contribution in [2.45, 2.75) is 34.2 Å². The third-order valence-electron chi connectivity index (χ3n) is 3.27. The third-order valence-corrected chi connectivity index (χ3v) is 3.27. The van der Waals surface area contributed by atoms with Crippen LogP contribution in [-0.4, -0.2) is 10.3 Å². The van der Waals surface area contributed by atoms with Gasteiger partial charge in [-0.25, -0.2) is 0 Å². The van der Waals surface area contributed by atoms with E-state index < -0.39 is 0 Å². The Morgan fingerprint density at radius 1 is 1.22 bits per heavy atom. The largest absolute Gasteiger partial charge is 0.507 e. The summed E-state index contributed by atoms with van der Waals surface area (Å²) in [7, 11) is 0. The van der Waals surface area contributed by atoms with Crippen molar-refractivity contribution >= 4 is 5.69 Å². The fourth-order valence-corrected chi connectivity index (χ4v) is 1.96. The smallest absolute Gasteiger partial charge is 0.138 e. The number of aromatic hydroxyl groups is 1. The first-order valence-electron chi connectivity index (χ1n) is 5.95. The maximum absolute atomic E-state index is 9.88. The number of benzene rings is 1. The van der Waals surface area contributed by atoms with Crippen LogP contribution in [0.5, 0.6) is 5.75 Å². The zero-order chi connectivity index (χ0) is 13.3. The quantitative estimate of drug-likeness (QED) is 0.873. The maximum atomic E-state index is 9.88. The molecule has 2 rings (SSSR count). The Hall–Kier alpha value is -1.97. The molecule has 1 aromatic heterocycles. The van der Waals surface area contributed by atoms with Crippen molar-refractivity contribution in [2.24, 2.45) is 0 Å². The Morgan fingerprint density at radius 3 is 2.56 bits per heavy atom. The Bertz CT molecular complexity index is 554. The summed E-state index contributed by atoms with van der Waals surface area (Å²) in [5, 5.41) is 17.1. The molecule has 2 N–H and O–H groups in total. The van der Waals surface area contributed by atoms with Crippen LogP contribution in [0.1, 0.15) is 28.1 Å². The number of anilines is 1. The second-order valence-corrected chi connectivity index (χ2v) is 4.56. The van der Waals surface area contributed by atoms with Crippen LogP contribution in [-0.2, 0) is 6.54 Å². The van der Waals surface area contributed by atoms with E-state index >= 15 is 0 Å². The van der Waals surface area contributed by atoms with Gasteiger partial charge in [-0.1, -0.05) is 11.2 Å². The molecule has 0 radical (unpaired) electrons. The molecule has 0 aliphatic carbocycles. The van der Waals surface area contributed by atoms with Crippen LogP contribution in [0.4, 0.5) is 5.69 Å². The third kappa shape index (κ3) is 2.18. The molecule has 0 unspecified atom stereocenters. The highest BCUT2D eigenvalue weighted by Crippen LogP contribution is 2.28. The van der Waals surface area contributed by atoms with Gasteiger partial charge < -0.3 is 14.9 Å². The van der Waals surface area contributed by atoms with Crippen molar-refractivity contribution in [1.29, 1.82) is 0 Å². The van der Waals surface area contributed by atoms with E-state index in [1.54, 1.807) is 0 Å². The van der Waals surface area contributed by atoms with Gasteiger partial charge in [0, 0.05) is 23.4 Å². The molecule has 18 heavy (non-hydrogen) atoms. The van der Waals surface area contributed by atoms with E-state index in [0.717, 1.165) is 33.8 Å². The molecule has 0 atom stereocenters. The Kier molecular flexibility index (Phi) is 3.28. The summed E-state index contributed by atoms with van der Waals surface area (Å²) in [5.41, 5.74) is 4.64. The van der Waals surface area contributed by atoms with E-state index in [4.69, 9.17) is 4.52 Å². The van der Waals surface area contributed by atoms with Gasteiger partial charge in [0.1, 0.15) is 11.5 Å². The lowest BCUT2D eigenvalue weighted by Crippen LogP contribution is -2.03. The normalized spacial score (nSPS) is 10.7. The number of nitrogens with zero attached hydrogens (tertiary/aromatic N) is 1. The standard InChI is InChI=1S/C14H18N2O2/c1-8-5-6-13(9(2)14(8)17)15-7-12-10(3)16-18-11(12)4/h5-6,15,17H,7H2,1-4H3. The SMILES string of the molecule is Cc1ccc(NCc2c(C)noc2C)c(C)c1O. The predicted molar refractivity (Wildman–Crippen MR) is 70.9 cm³/mol. The lowest BCUT2D eigenvalue weighted by atomic mass is 10.1. The fraction of sp³-hybridized carbons (Fsp3) is 0.357. The molecular weight excluding hydrogens is 228 g/mol. The van der Waals surface area contributed by atoms with Crippen molar-refractivity contribution < 1.29 is 9.63 Å². The number of nitrogens with one attached hydrogen (secondary N) is 1.